The van der Waals surface area contributed by atoms with Crippen molar-refractivity contribution in [2.24, 2.45) is 0 Å². The summed E-state index contributed by atoms with van der Waals surface area (Å²) in [5, 5.41) is 0. The fourth-order valence-corrected chi connectivity index (χ4v) is 3.73. The summed E-state index contributed by atoms with van der Waals surface area (Å²) in [6, 6.07) is 18.5. The predicted octanol–water partition coefficient (Wildman–Crippen LogP) is 4.26. The lowest BCUT2D eigenvalue weighted by Gasteiger charge is -2.41. The largest absolute Gasteiger partial charge is 0.350 e. The second-order valence-electron chi connectivity index (χ2n) is 6.79. The fourth-order valence-electron chi connectivity index (χ4n) is 3.73. The van der Waals surface area contributed by atoms with E-state index in [2.05, 4.69) is 59.1 Å². The SMILES string of the molecule is CCc1ccc(-n2ccc([C@H]3N(C)C(=O)c4ccccc4N3C)c2)cc1. The number of amides is 1. The van der Waals surface area contributed by atoms with Gasteiger partial charge in [-0.25, -0.2) is 0 Å². The Morgan fingerprint density at radius 1 is 0.923 bits per heavy atom. The third-order valence-electron chi connectivity index (χ3n) is 5.23. The van der Waals surface area contributed by atoms with E-state index in [4.69, 9.17) is 0 Å². The third kappa shape index (κ3) is 2.58. The topological polar surface area (TPSA) is 28.5 Å². The molecular weight excluding hydrogens is 322 g/mol. The van der Waals surface area contributed by atoms with Gasteiger partial charge in [-0.05, 0) is 42.3 Å². The molecule has 0 N–H and O–H groups in total. The van der Waals surface area contributed by atoms with Crippen molar-refractivity contribution in [1.82, 2.24) is 9.47 Å². The molecule has 0 spiro atoms. The maximum atomic E-state index is 12.8. The molecule has 1 amide bonds. The number of carbonyl (C=O) groups is 1. The number of carbonyl (C=O) groups excluding carboxylic acids is 1. The Bertz CT molecular complexity index is 942. The van der Waals surface area contributed by atoms with Crippen LogP contribution in [-0.2, 0) is 6.42 Å². The number of rotatable bonds is 3. The molecule has 132 valence electrons. The molecule has 0 bridgehead atoms. The summed E-state index contributed by atoms with van der Waals surface area (Å²) in [7, 11) is 3.91. The monoisotopic (exact) mass is 345 g/mol. The summed E-state index contributed by atoms with van der Waals surface area (Å²) < 4.78 is 2.11. The van der Waals surface area contributed by atoms with E-state index in [1.165, 1.54) is 5.56 Å². The zero-order valence-electron chi connectivity index (χ0n) is 15.4. The van der Waals surface area contributed by atoms with Gasteiger partial charge in [-0.1, -0.05) is 31.2 Å². The van der Waals surface area contributed by atoms with Crippen LogP contribution in [0.1, 0.15) is 34.6 Å². The minimum absolute atomic E-state index is 0.0590. The Hall–Kier alpha value is -3.01. The molecule has 4 rings (SSSR count). The van der Waals surface area contributed by atoms with Crippen molar-refractivity contribution in [2.45, 2.75) is 19.5 Å². The highest BCUT2D eigenvalue weighted by Gasteiger charge is 2.34. The first-order valence-corrected chi connectivity index (χ1v) is 8.96. The molecule has 2 heterocycles. The van der Waals surface area contributed by atoms with E-state index in [-0.39, 0.29) is 12.1 Å². The number of aryl methyl sites for hydroxylation is 1. The van der Waals surface area contributed by atoms with Crippen LogP contribution in [0.5, 0.6) is 0 Å². The molecule has 1 atom stereocenters. The zero-order chi connectivity index (χ0) is 18.3. The summed E-state index contributed by atoms with van der Waals surface area (Å²) in [5.41, 5.74) is 5.28. The summed E-state index contributed by atoms with van der Waals surface area (Å²) in [5.74, 6) is 0.0590. The van der Waals surface area contributed by atoms with Gasteiger partial charge in [-0.3, -0.25) is 4.79 Å². The minimum Gasteiger partial charge on any atom is -0.350 e. The molecule has 4 nitrogen and oxygen atoms in total. The molecule has 0 fully saturated rings. The van der Waals surface area contributed by atoms with Gasteiger partial charge in [0.15, 0.2) is 0 Å². The van der Waals surface area contributed by atoms with Gasteiger partial charge >= 0.3 is 0 Å². The maximum absolute atomic E-state index is 12.8. The van der Waals surface area contributed by atoms with E-state index in [0.717, 1.165) is 28.9 Å². The average Bonchev–Trinajstić information content (AvgIpc) is 3.16. The van der Waals surface area contributed by atoms with E-state index in [1.807, 2.05) is 43.3 Å². The number of aromatic nitrogens is 1. The van der Waals surface area contributed by atoms with Gasteiger partial charge in [0, 0.05) is 37.7 Å². The zero-order valence-corrected chi connectivity index (χ0v) is 15.4. The van der Waals surface area contributed by atoms with Gasteiger partial charge in [0.2, 0.25) is 0 Å². The molecule has 1 aliphatic heterocycles. The van der Waals surface area contributed by atoms with Crippen molar-refractivity contribution >= 4 is 11.6 Å². The van der Waals surface area contributed by atoms with Crippen LogP contribution in [0.2, 0.25) is 0 Å². The molecule has 0 saturated carbocycles. The van der Waals surface area contributed by atoms with E-state index in [9.17, 15) is 4.79 Å². The van der Waals surface area contributed by atoms with Gasteiger partial charge < -0.3 is 14.4 Å². The molecule has 4 heteroatoms. The predicted molar refractivity (Wildman–Crippen MR) is 105 cm³/mol. The van der Waals surface area contributed by atoms with Gasteiger partial charge in [-0.15, -0.1) is 0 Å². The molecule has 1 aliphatic rings. The quantitative estimate of drug-likeness (QED) is 0.709. The van der Waals surface area contributed by atoms with Crippen LogP contribution in [0.25, 0.3) is 5.69 Å². The van der Waals surface area contributed by atoms with Crippen molar-refractivity contribution in [2.75, 3.05) is 19.0 Å². The summed E-state index contributed by atoms with van der Waals surface area (Å²) in [6.45, 7) is 2.16. The van der Waals surface area contributed by atoms with E-state index in [1.54, 1.807) is 0 Å². The summed E-state index contributed by atoms with van der Waals surface area (Å²) >= 11 is 0. The van der Waals surface area contributed by atoms with Gasteiger partial charge in [0.1, 0.15) is 6.17 Å². The fraction of sp³-hybridized carbons (Fsp3) is 0.227. The number of para-hydroxylation sites is 1. The Morgan fingerprint density at radius 3 is 2.38 bits per heavy atom. The molecule has 0 unspecified atom stereocenters. The highest BCUT2D eigenvalue weighted by atomic mass is 16.2. The van der Waals surface area contributed by atoms with Crippen LogP contribution in [-0.4, -0.2) is 29.5 Å². The molecular formula is C22H23N3O. The summed E-state index contributed by atoms with van der Waals surface area (Å²) in [6.07, 6.45) is 5.09. The molecule has 0 radical (unpaired) electrons. The van der Waals surface area contributed by atoms with Crippen molar-refractivity contribution in [3.05, 3.63) is 83.7 Å². The second kappa shape index (κ2) is 6.37. The molecule has 2 aromatic carbocycles. The number of hydrogen-bond donors (Lipinski definition) is 0. The molecule has 0 aliphatic carbocycles. The lowest BCUT2D eigenvalue weighted by atomic mass is 10.0. The lowest BCUT2D eigenvalue weighted by Crippen LogP contribution is -2.45. The van der Waals surface area contributed by atoms with Crippen LogP contribution < -0.4 is 4.90 Å². The highest BCUT2D eigenvalue weighted by molar-refractivity contribution is 6.01. The smallest absolute Gasteiger partial charge is 0.257 e. The number of benzene rings is 2. The molecule has 1 aromatic heterocycles. The van der Waals surface area contributed by atoms with E-state index >= 15 is 0 Å². The molecule has 26 heavy (non-hydrogen) atoms. The lowest BCUT2D eigenvalue weighted by molar-refractivity contribution is 0.0711. The average molecular weight is 345 g/mol. The molecule has 3 aromatic rings. The van der Waals surface area contributed by atoms with Gasteiger partial charge in [-0.2, -0.15) is 0 Å². The van der Waals surface area contributed by atoms with E-state index < -0.39 is 0 Å². The first kappa shape index (κ1) is 16.5. The second-order valence-corrected chi connectivity index (χ2v) is 6.79. The van der Waals surface area contributed by atoms with Crippen molar-refractivity contribution < 1.29 is 4.79 Å². The van der Waals surface area contributed by atoms with Crippen molar-refractivity contribution in [3.8, 4) is 5.69 Å². The Kier molecular flexibility index (Phi) is 4.03. The van der Waals surface area contributed by atoms with E-state index in [0.29, 0.717) is 0 Å². The first-order chi connectivity index (χ1) is 12.6. The third-order valence-corrected chi connectivity index (χ3v) is 5.23. The maximum Gasteiger partial charge on any atom is 0.257 e. The van der Waals surface area contributed by atoms with Crippen LogP contribution in [0, 0.1) is 0 Å². The van der Waals surface area contributed by atoms with Crippen LogP contribution in [0.3, 0.4) is 0 Å². The standard InChI is InChI=1S/C22H23N3O/c1-4-16-9-11-18(12-10-16)25-14-13-17(15-25)21-23(2)20-8-6-5-7-19(20)22(26)24(21)3/h5-15,21H,4H2,1-3H3/t21-/m1/s1. The van der Waals surface area contributed by atoms with Crippen LogP contribution in [0.4, 0.5) is 5.69 Å². The Morgan fingerprint density at radius 2 is 1.65 bits per heavy atom. The minimum atomic E-state index is -0.117. The van der Waals surface area contributed by atoms with Gasteiger partial charge in [0.05, 0.1) is 11.3 Å². The van der Waals surface area contributed by atoms with Crippen molar-refractivity contribution in [3.63, 3.8) is 0 Å². The number of nitrogens with zero attached hydrogens (tertiary/aromatic N) is 3. The van der Waals surface area contributed by atoms with Crippen LogP contribution in [0.15, 0.2) is 67.0 Å². The van der Waals surface area contributed by atoms with Gasteiger partial charge in [0.25, 0.3) is 5.91 Å². The number of anilines is 1. The molecule has 0 saturated heterocycles. The normalized spacial score (nSPS) is 16.7. The Balaban J connectivity index is 1.69. The number of fused-ring (bicyclic) bond motifs is 1. The number of hydrogen-bond acceptors (Lipinski definition) is 2. The summed E-state index contributed by atoms with van der Waals surface area (Å²) in [4.78, 5) is 16.8. The Labute approximate surface area is 154 Å². The first-order valence-electron chi connectivity index (χ1n) is 8.96. The van der Waals surface area contributed by atoms with Crippen molar-refractivity contribution in [1.29, 1.82) is 0 Å². The highest BCUT2D eigenvalue weighted by Crippen LogP contribution is 2.36. The van der Waals surface area contributed by atoms with Crippen LogP contribution >= 0.6 is 0 Å².